The lowest BCUT2D eigenvalue weighted by Crippen LogP contribution is -2.38. The average Bonchev–Trinajstić information content (AvgIpc) is 3.24. The summed E-state index contributed by atoms with van der Waals surface area (Å²) < 4.78 is 11.1. The molecule has 7 heteroatoms. The highest BCUT2D eigenvalue weighted by Crippen LogP contribution is 2.43. The molecule has 3 N–H and O–H groups in total. The number of benzene rings is 2. The monoisotopic (exact) mass is 471 g/mol. The van der Waals surface area contributed by atoms with Crippen LogP contribution in [0.25, 0.3) is 11.1 Å². The van der Waals surface area contributed by atoms with Gasteiger partial charge in [-0.1, -0.05) is 36.4 Å². The van der Waals surface area contributed by atoms with E-state index in [1.54, 1.807) is 7.11 Å². The molecule has 1 fully saturated rings. The fourth-order valence-corrected chi connectivity index (χ4v) is 5.01. The number of nitrogens with two attached hydrogens (primary N) is 1. The van der Waals surface area contributed by atoms with Gasteiger partial charge in [-0.2, -0.15) is 0 Å². The van der Waals surface area contributed by atoms with Crippen molar-refractivity contribution in [2.45, 2.75) is 18.9 Å². The number of fused-ring (bicyclic) bond motifs is 1. The number of amidine groups is 1. The van der Waals surface area contributed by atoms with E-state index in [4.69, 9.17) is 20.2 Å². The second-order valence-corrected chi connectivity index (χ2v) is 9.12. The molecule has 1 aromatic heterocycles. The lowest BCUT2D eigenvalue weighted by Gasteiger charge is -2.25. The van der Waals surface area contributed by atoms with Crippen molar-refractivity contribution in [1.29, 1.82) is 0 Å². The van der Waals surface area contributed by atoms with Gasteiger partial charge in [0.2, 0.25) is 0 Å². The summed E-state index contributed by atoms with van der Waals surface area (Å²) in [5.74, 6) is 2.55. The highest BCUT2D eigenvalue weighted by atomic mass is 16.5. The number of aromatic nitrogens is 1. The largest absolute Gasteiger partial charge is 0.496 e. The summed E-state index contributed by atoms with van der Waals surface area (Å²) in [6.07, 6.45) is 1.92. The van der Waals surface area contributed by atoms with Crippen LogP contribution in [0, 0.1) is 0 Å². The Balaban J connectivity index is 1.38. The van der Waals surface area contributed by atoms with Crippen LogP contribution < -0.4 is 15.8 Å². The normalized spacial score (nSPS) is 20.3. The van der Waals surface area contributed by atoms with Crippen LogP contribution in [-0.4, -0.2) is 68.3 Å². The first-order valence-electron chi connectivity index (χ1n) is 12.2. The van der Waals surface area contributed by atoms with Gasteiger partial charge in [-0.15, -0.1) is 0 Å². The quantitative estimate of drug-likeness (QED) is 0.403. The van der Waals surface area contributed by atoms with Crippen molar-refractivity contribution < 1.29 is 9.47 Å². The molecular formula is C28H33N5O2. The number of hydrogen-bond donors (Lipinski definition) is 2. The first-order valence-corrected chi connectivity index (χ1v) is 12.2. The van der Waals surface area contributed by atoms with Crippen LogP contribution in [0.4, 0.5) is 5.82 Å². The van der Waals surface area contributed by atoms with Gasteiger partial charge in [0.1, 0.15) is 17.4 Å². The Labute approximate surface area is 207 Å². The molecule has 0 radical (unpaired) electrons. The summed E-state index contributed by atoms with van der Waals surface area (Å²) in [6, 6.07) is 18.9. The van der Waals surface area contributed by atoms with Gasteiger partial charge >= 0.3 is 0 Å². The van der Waals surface area contributed by atoms with E-state index in [0.29, 0.717) is 12.4 Å². The van der Waals surface area contributed by atoms with Crippen LogP contribution in [0.2, 0.25) is 0 Å². The minimum absolute atomic E-state index is 0.156. The number of ether oxygens (including phenoxy) is 2. The average molecular weight is 472 g/mol. The van der Waals surface area contributed by atoms with Gasteiger partial charge in [0.05, 0.1) is 26.9 Å². The number of pyridine rings is 1. The van der Waals surface area contributed by atoms with Gasteiger partial charge in [0.15, 0.2) is 0 Å². The van der Waals surface area contributed by atoms with Crippen molar-refractivity contribution >= 4 is 11.7 Å². The fourth-order valence-electron chi connectivity index (χ4n) is 5.01. The lowest BCUT2D eigenvalue weighted by atomic mass is 9.87. The Kier molecular flexibility index (Phi) is 6.97. The molecule has 35 heavy (non-hydrogen) atoms. The number of anilines is 1. The Morgan fingerprint density at radius 3 is 2.77 bits per heavy atom. The van der Waals surface area contributed by atoms with Crippen molar-refractivity contribution in [3.05, 3.63) is 77.5 Å². The number of hydrogen-bond acceptors (Lipinski definition) is 6. The van der Waals surface area contributed by atoms with Gasteiger partial charge < -0.3 is 20.5 Å². The molecule has 2 atom stereocenters. The maximum Gasteiger partial charge on any atom is 0.130 e. The third-order valence-electron chi connectivity index (χ3n) is 6.88. The Morgan fingerprint density at radius 1 is 1.11 bits per heavy atom. The smallest absolute Gasteiger partial charge is 0.130 e. The third kappa shape index (κ3) is 5.01. The van der Waals surface area contributed by atoms with Gasteiger partial charge in [0, 0.05) is 60.0 Å². The highest BCUT2D eigenvalue weighted by Gasteiger charge is 2.33. The molecule has 0 amide bonds. The van der Waals surface area contributed by atoms with Crippen LogP contribution >= 0.6 is 0 Å². The molecule has 1 saturated heterocycles. The Morgan fingerprint density at radius 2 is 1.94 bits per heavy atom. The maximum absolute atomic E-state index is 6.36. The molecule has 3 heterocycles. The summed E-state index contributed by atoms with van der Waals surface area (Å²) in [4.78, 5) is 11.8. The number of nitrogens with zero attached hydrogens (tertiary/aromatic N) is 3. The van der Waals surface area contributed by atoms with Gasteiger partial charge in [-0.25, -0.2) is 4.98 Å². The zero-order chi connectivity index (χ0) is 24.2. The Hall–Kier alpha value is -3.42. The van der Waals surface area contributed by atoms with Crippen molar-refractivity contribution in [2.75, 3.05) is 51.8 Å². The first-order chi connectivity index (χ1) is 17.1. The number of morpholine rings is 1. The molecule has 2 aliphatic rings. The first kappa shape index (κ1) is 23.3. The van der Waals surface area contributed by atoms with E-state index in [9.17, 15) is 0 Å². The molecule has 0 bridgehead atoms. The minimum atomic E-state index is 0.156. The van der Waals surface area contributed by atoms with E-state index in [1.165, 1.54) is 5.56 Å². The van der Waals surface area contributed by atoms with Crippen LogP contribution in [0.3, 0.4) is 0 Å². The molecule has 2 aromatic carbocycles. The molecule has 2 aliphatic heterocycles. The van der Waals surface area contributed by atoms with E-state index < -0.39 is 0 Å². The van der Waals surface area contributed by atoms with Crippen molar-refractivity contribution in [3.8, 4) is 16.9 Å². The molecule has 7 nitrogen and oxygen atoms in total. The predicted molar refractivity (Wildman–Crippen MR) is 140 cm³/mol. The molecule has 2 unspecified atom stereocenters. The Bertz CT molecular complexity index is 1210. The fraction of sp³-hybridized carbons (Fsp3) is 0.357. The van der Waals surface area contributed by atoms with Gasteiger partial charge in [-0.05, 0) is 30.7 Å². The van der Waals surface area contributed by atoms with Crippen molar-refractivity contribution in [1.82, 2.24) is 9.88 Å². The van der Waals surface area contributed by atoms with E-state index in [1.807, 2.05) is 30.5 Å². The van der Waals surface area contributed by atoms with Crippen molar-refractivity contribution in [3.63, 3.8) is 0 Å². The van der Waals surface area contributed by atoms with E-state index in [-0.39, 0.29) is 12.0 Å². The summed E-state index contributed by atoms with van der Waals surface area (Å²) in [5, 5.41) is 3.54. The number of methoxy groups -OCH3 is 1. The van der Waals surface area contributed by atoms with Crippen molar-refractivity contribution in [2.24, 2.45) is 10.7 Å². The van der Waals surface area contributed by atoms with Crippen LogP contribution in [-0.2, 0) is 4.74 Å². The maximum atomic E-state index is 6.36. The van der Waals surface area contributed by atoms with E-state index >= 15 is 0 Å². The third-order valence-corrected chi connectivity index (χ3v) is 6.88. The molecule has 3 aromatic rings. The standard InChI is InChI=1S/C28H33N5O2/c1-19-26(23-8-3-4-9-25(23)34-2)24-17-22(18-31-28(24)32-19)20-6-5-7-21(16-20)27(29)30-10-11-33-12-14-35-15-13-33/h3-9,16-19,26H,10-15H2,1-2H3,(H2,29,30)(H,31,32). The summed E-state index contributed by atoms with van der Waals surface area (Å²) >= 11 is 0. The number of nitrogens with one attached hydrogen (secondary N) is 1. The molecular weight excluding hydrogens is 438 g/mol. The van der Waals surface area contributed by atoms with Crippen LogP contribution in [0.1, 0.15) is 29.5 Å². The van der Waals surface area contributed by atoms with E-state index in [2.05, 4.69) is 52.5 Å². The molecule has 0 aliphatic carbocycles. The number of rotatable bonds is 7. The molecule has 182 valence electrons. The number of para-hydroxylation sites is 1. The van der Waals surface area contributed by atoms with E-state index in [0.717, 1.165) is 66.7 Å². The lowest BCUT2D eigenvalue weighted by molar-refractivity contribution is 0.0394. The van der Waals surface area contributed by atoms with Crippen LogP contribution in [0.5, 0.6) is 5.75 Å². The zero-order valence-corrected chi connectivity index (χ0v) is 20.4. The summed E-state index contributed by atoms with van der Waals surface area (Å²) in [6.45, 7) is 7.27. The second kappa shape index (κ2) is 10.5. The SMILES string of the molecule is COc1ccccc1C1c2cc(-c3cccc(C(N)=NCCN4CCOCC4)c3)cnc2NC1C. The highest BCUT2D eigenvalue weighted by molar-refractivity contribution is 5.98. The molecule has 5 rings (SSSR count). The second-order valence-electron chi connectivity index (χ2n) is 9.12. The predicted octanol–water partition coefficient (Wildman–Crippen LogP) is 3.74. The molecule has 0 saturated carbocycles. The van der Waals surface area contributed by atoms with Gasteiger partial charge in [-0.3, -0.25) is 9.89 Å². The molecule has 0 spiro atoms. The zero-order valence-electron chi connectivity index (χ0n) is 20.4. The van der Waals surface area contributed by atoms with Crippen LogP contribution in [0.15, 0.2) is 65.8 Å². The summed E-state index contributed by atoms with van der Waals surface area (Å²) in [7, 11) is 1.72. The topological polar surface area (TPSA) is 85.0 Å². The summed E-state index contributed by atoms with van der Waals surface area (Å²) in [5.41, 5.74) is 11.8. The minimum Gasteiger partial charge on any atom is -0.496 e. The van der Waals surface area contributed by atoms with Gasteiger partial charge in [0.25, 0.3) is 0 Å². The number of aliphatic imine (C=N–C) groups is 1.